The first-order chi connectivity index (χ1) is 8.40. The van der Waals surface area contributed by atoms with Crippen molar-refractivity contribution in [2.24, 2.45) is 0 Å². The van der Waals surface area contributed by atoms with Crippen molar-refractivity contribution < 1.29 is 0 Å². The number of nitrogens with one attached hydrogen (secondary N) is 1. The summed E-state index contributed by atoms with van der Waals surface area (Å²) in [6.07, 6.45) is 6.81. The number of anilines is 1. The van der Waals surface area contributed by atoms with Gasteiger partial charge in [-0.3, -0.25) is 0 Å². The molecule has 4 heteroatoms. The lowest BCUT2D eigenvalue weighted by Crippen LogP contribution is -2.44. The van der Waals surface area contributed by atoms with Crippen LogP contribution < -0.4 is 10.2 Å². The fraction of sp³-hybridized carbons (Fsp3) is 0.692. The molecule has 94 valence electrons. The lowest BCUT2D eigenvalue weighted by atomic mass is 10.0. The Bertz CT molecular complexity index is 308. The van der Waals surface area contributed by atoms with Gasteiger partial charge in [0.25, 0.3) is 0 Å². The summed E-state index contributed by atoms with van der Waals surface area (Å²) in [6, 6.07) is 4.61. The van der Waals surface area contributed by atoms with Gasteiger partial charge in [0, 0.05) is 25.3 Å². The number of piperidine rings is 1. The van der Waals surface area contributed by atoms with Crippen molar-refractivity contribution in [3.8, 4) is 0 Å². The van der Waals surface area contributed by atoms with Crippen LogP contribution in [0.25, 0.3) is 0 Å². The topological polar surface area (TPSA) is 41.0 Å². The van der Waals surface area contributed by atoms with Crippen molar-refractivity contribution in [3.05, 3.63) is 18.3 Å². The Morgan fingerprint density at radius 2 is 2.41 bits per heavy atom. The minimum absolute atomic E-state index is 0.609. The lowest BCUT2D eigenvalue weighted by Gasteiger charge is -2.30. The summed E-state index contributed by atoms with van der Waals surface area (Å²) in [5, 5.41) is 11.8. The standard InChI is InChI=1S/C13H22N4/c1-2-10-17(13-7-5-9-15-16-13)11-12-6-3-4-8-14-12/h5,7,9,12,14H,2-4,6,8,10-11H2,1H3. The van der Waals surface area contributed by atoms with Crippen molar-refractivity contribution in [2.45, 2.75) is 38.6 Å². The highest BCUT2D eigenvalue weighted by atomic mass is 15.3. The third-order valence-electron chi connectivity index (χ3n) is 3.23. The van der Waals surface area contributed by atoms with Crippen LogP contribution in [-0.2, 0) is 0 Å². The number of hydrogen-bond acceptors (Lipinski definition) is 4. The minimum Gasteiger partial charge on any atom is -0.354 e. The predicted molar refractivity (Wildman–Crippen MR) is 70.2 cm³/mol. The quantitative estimate of drug-likeness (QED) is 0.844. The third kappa shape index (κ3) is 3.66. The molecule has 1 aromatic heterocycles. The fourth-order valence-corrected chi connectivity index (χ4v) is 2.38. The Kier molecular flexibility index (Phi) is 4.74. The van der Waals surface area contributed by atoms with Gasteiger partial charge >= 0.3 is 0 Å². The van der Waals surface area contributed by atoms with Crippen LogP contribution in [-0.4, -0.2) is 35.9 Å². The molecule has 1 atom stereocenters. The van der Waals surface area contributed by atoms with E-state index in [9.17, 15) is 0 Å². The molecule has 1 saturated heterocycles. The summed E-state index contributed by atoms with van der Waals surface area (Å²) in [6.45, 7) is 5.46. The van der Waals surface area contributed by atoms with Gasteiger partial charge in [0.05, 0.1) is 0 Å². The van der Waals surface area contributed by atoms with E-state index in [4.69, 9.17) is 0 Å². The zero-order chi connectivity index (χ0) is 11.9. The zero-order valence-corrected chi connectivity index (χ0v) is 10.6. The van der Waals surface area contributed by atoms with E-state index in [0.29, 0.717) is 6.04 Å². The number of nitrogens with zero attached hydrogens (tertiary/aromatic N) is 3. The summed E-state index contributed by atoms with van der Waals surface area (Å²) in [7, 11) is 0. The van der Waals surface area contributed by atoms with Gasteiger partial charge in [0.2, 0.25) is 0 Å². The zero-order valence-electron chi connectivity index (χ0n) is 10.6. The van der Waals surface area contributed by atoms with Crippen LogP contribution in [0.2, 0.25) is 0 Å². The predicted octanol–water partition coefficient (Wildman–Crippen LogP) is 1.84. The van der Waals surface area contributed by atoms with E-state index in [2.05, 4.69) is 27.3 Å². The highest BCUT2D eigenvalue weighted by molar-refractivity contribution is 5.36. The Morgan fingerprint density at radius 1 is 1.47 bits per heavy atom. The van der Waals surface area contributed by atoms with E-state index in [1.54, 1.807) is 6.20 Å². The largest absolute Gasteiger partial charge is 0.354 e. The van der Waals surface area contributed by atoms with Crippen LogP contribution in [0.5, 0.6) is 0 Å². The molecule has 2 heterocycles. The molecule has 0 aromatic carbocycles. The van der Waals surface area contributed by atoms with Gasteiger partial charge in [0.15, 0.2) is 5.82 Å². The van der Waals surface area contributed by atoms with Crippen molar-refractivity contribution in [3.63, 3.8) is 0 Å². The second-order valence-corrected chi connectivity index (χ2v) is 4.67. The molecular formula is C13H22N4. The second-order valence-electron chi connectivity index (χ2n) is 4.67. The molecule has 1 unspecified atom stereocenters. The first-order valence-electron chi connectivity index (χ1n) is 6.66. The molecule has 1 N–H and O–H groups in total. The summed E-state index contributed by atoms with van der Waals surface area (Å²) < 4.78 is 0. The van der Waals surface area contributed by atoms with Crippen molar-refractivity contribution >= 4 is 5.82 Å². The normalized spacial score (nSPS) is 20.2. The number of hydrogen-bond donors (Lipinski definition) is 1. The summed E-state index contributed by atoms with van der Waals surface area (Å²) >= 11 is 0. The molecule has 4 nitrogen and oxygen atoms in total. The molecule has 1 aromatic rings. The minimum atomic E-state index is 0.609. The third-order valence-corrected chi connectivity index (χ3v) is 3.23. The molecule has 1 fully saturated rings. The van der Waals surface area contributed by atoms with Gasteiger partial charge in [-0.15, -0.1) is 5.10 Å². The van der Waals surface area contributed by atoms with Crippen LogP contribution in [0.1, 0.15) is 32.6 Å². The monoisotopic (exact) mass is 234 g/mol. The molecule has 0 bridgehead atoms. The molecule has 1 aliphatic rings. The molecule has 0 aliphatic carbocycles. The molecule has 0 radical (unpaired) electrons. The second kappa shape index (κ2) is 6.55. The SMILES string of the molecule is CCCN(CC1CCCCN1)c1cccnn1. The van der Waals surface area contributed by atoms with Gasteiger partial charge < -0.3 is 10.2 Å². The van der Waals surface area contributed by atoms with Crippen LogP contribution in [0, 0.1) is 0 Å². The van der Waals surface area contributed by atoms with Gasteiger partial charge in [-0.1, -0.05) is 13.3 Å². The molecule has 17 heavy (non-hydrogen) atoms. The Hall–Kier alpha value is -1.16. The van der Waals surface area contributed by atoms with Crippen molar-refractivity contribution in [1.82, 2.24) is 15.5 Å². The molecule has 0 saturated carbocycles. The van der Waals surface area contributed by atoms with E-state index < -0.39 is 0 Å². The average Bonchev–Trinajstić information content (AvgIpc) is 2.40. The fourth-order valence-electron chi connectivity index (χ4n) is 2.38. The van der Waals surface area contributed by atoms with E-state index in [0.717, 1.165) is 31.9 Å². The Morgan fingerprint density at radius 3 is 3.06 bits per heavy atom. The van der Waals surface area contributed by atoms with Crippen LogP contribution in [0.4, 0.5) is 5.82 Å². The maximum absolute atomic E-state index is 4.21. The Labute approximate surface area is 103 Å². The average molecular weight is 234 g/mol. The smallest absolute Gasteiger partial charge is 0.151 e. The first-order valence-corrected chi connectivity index (χ1v) is 6.66. The summed E-state index contributed by atoms with van der Waals surface area (Å²) in [5.74, 6) is 1.00. The number of aromatic nitrogens is 2. The maximum Gasteiger partial charge on any atom is 0.151 e. The van der Waals surface area contributed by atoms with Crippen LogP contribution in [0.15, 0.2) is 18.3 Å². The number of rotatable bonds is 5. The van der Waals surface area contributed by atoms with Crippen molar-refractivity contribution in [2.75, 3.05) is 24.5 Å². The highest BCUT2D eigenvalue weighted by Gasteiger charge is 2.17. The van der Waals surface area contributed by atoms with Crippen LogP contribution >= 0.6 is 0 Å². The lowest BCUT2D eigenvalue weighted by molar-refractivity contribution is 0.398. The van der Waals surface area contributed by atoms with E-state index in [1.807, 2.05) is 12.1 Å². The Balaban J connectivity index is 1.96. The van der Waals surface area contributed by atoms with Gasteiger partial charge in [-0.2, -0.15) is 5.10 Å². The summed E-state index contributed by atoms with van der Waals surface area (Å²) in [5.41, 5.74) is 0. The highest BCUT2D eigenvalue weighted by Crippen LogP contribution is 2.13. The molecule has 2 rings (SSSR count). The summed E-state index contributed by atoms with van der Waals surface area (Å²) in [4.78, 5) is 2.34. The molecule has 0 spiro atoms. The van der Waals surface area contributed by atoms with E-state index in [-0.39, 0.29) is 0 Å². The maximum atomic E-state index is 4.21. The van der Waals surface area contributed by atoms with Crippen LogP contribution in [0.3, 0.4) is 0 Å². The van der Waals surface area contributed by atoms with Crippen molar-refractivity contribution in [1.29, 1.82) is 0 Å². The molecule has 0 amide bonds. The van der Waals surface area contributed by atoms with E-state index in [1.165, 1.54) is 19.3 Å². The first kappa shape index (κ1) is 12.3. The van der Waals surface area contributed by atoms with Gasteiger partial charge in [0.1, 0.15) is 0 Å². The van der Waals surface area contributed by atoms with Gasteiger partial charge in [-0.25, -0.2) is 0 Å². The van der Waals surface area contributed by atoms with E-state index >= 15 is 0 Å². The molecular weight excluding hydrogens is 212 g/mol. The molecule has 1 aliphatic heterocycles. The van der Waals surface area contributed by atoms with Gasteiger partial charge in [-0.05, 0) is 37.9 Å².